The highest BCUT2D eigenvalue weighted by atomic mass is 127. The fourth-order valence-electron chi connectivity index (χ4n) is 0.948. The van der Waals surface area contributed by atoms with Gasteiger partial charge in [-0.3, -0.25) is 0 Å². The standard InChI is InChI=1S/C10H12INO3/c1-10(15,9(13)14)6-12-8-4-2-3-7(11)5-8/h2-5,12,15H,6H2,1H3,(H,13,14). The quantitative estimate of drug-likeness (QED) is 0.736. The molecule has 1 aromatic rings. The van der Waals surface area contributed by atoms with Crippen molar-refractivity contribution in [3.63, 3.8) is 0 Å². The van der Waals surface area contributed by atoms with Crippen LogP contribution in [0.15, 0.2) is 24.3 Å². The van der Waals surface area contributed by atoms with Crippen molar-refractivity contribution < 1.29 is 15.0 Å². The van der Waals surface area contributed by atoms with Gasteiger partial charge in [-0.1, -0.05) is 6.07 Å². The van der Waals surface area contributed by atoms with Crippen LogP contribution < -0.4 is 5.32 Å². The Morgan fingerprint density at radius 2 is 2.27 bits per heavy atom. The van der Waals surface area contributed by atoms with Crippen molar-refractivity contribution in [1.29, 1.82) is 0 Å². The molecule has 0 aliphatic rings. The SMILES string of the molecule is CC(O)(CNc1cccc(I)c1)C(=O)O. The van der Waals surface area contributed by atoms with E-state index in [1.807, 2.05) is 24.3 Å². The molecule has 0 radical (unpaired) electrons. The lowest BCUT2D eigenvalue weighted by atomic mass is 10.1. The number of hydrogen-bond acceptors (Lipinski definition) is 3. The molecule has 0 spiro atoms. The monoisotopic (exact) mass is 321 g/mol. The smallest absolute Gasteiger partial charge is 0.337 e. The molecule has 1 unspecified atom stereocenters. The fourth-order valence-corrected chi connectivity index (χ4v) is 1.49. The van der Waals surface area contributed by atoms with Crippen LogP contribution in [0.5, 0.6) is 0 Å². The van der Waals surface area contributed by atoms with Crippen LogP contribution in [-0.4, -0.2) is 28.3 Å². The maximum Gasteiger partial charge on any atom is 0.337 e. The molecule has 0 saturated carbocycles. The molecular formula is C10H12INO3. The molecule has 3 N–H and O–H groups in total. The van der Waals surface area contributed by atoms with Crippen molar-refractivity contribution in [2.45, 2.75) is 12.5 Å². The van der Waals surface area contributed by atoms with Gasteiger partial charge in [-0.2, -0.15) is 0 Å². The van der Waals surface area contributed by atoms with Crippen LogP contribution >= 0.6 is 22.6 Å². The Balaban J connectivity index is 2.61. The average Bonchev–Trinajstić information content (AvgIpc) is 2.15. The molecule has 15 heavy (non-hydrogen) atoms. The summed E-state index contributed by atoms with van der Waals surface area (Å²) in [4.78, 5) is 10.6. The fraction of sp³-hybridized carbons (Fsp3) is 0.300. The van der Waals surface area contributed by atoms with Crippen LogP contribution in [-0.2, 0) is 4.79 Å². The number of benzene rings is 1. The topological polar surface area (TPSA) is 69.6 Å². The summed E-state index contributed by atoms with van der Waals surface area (Å²) in [5.74, 6) is -1.24. The Hall–Kier alpha value is -0.820. The number of nitrogens with one attached hydrogen (secondary N) is 1. The zero-order valence-electron chi connectivity index (χ0n) is 8.20. The molecule has 0 heterocycles. The van der Waals surface area contributed by atoms with Crippen molar-refractivity contribution in [2.75, 3.05) is 11.9 Å². The van der Waals surface area contributed by atoms with Gasteiger partial charge in [0.15, 0.2) is 5.60 Å². The average molecular weight is 321 g/mol. The normalized spacial score (nSPS) is 14.3. The van der Waals surface area contributed by atoms with E-state index in [9.17, 15) is 9.90 Å². The van der Waals surface area contributed by atoms with E-state index >= 15 is 0 Å². The summed E-state index contributed by atoms with van der Waals surface area (Å²) in [5, 5.41) is 21.0. The van der Waals surface area contributed by atoms with E-state index in [-0.39, 0.29) is 6.54 Å². The summed E-state index contributed by atoms with van der Waals surface area (Å²) in [5.41, 5.74) is -0.954. The molecule has 82 valence electrons. The Morgan fingerprint density at radius 3 is 2.80 bits per heavy atom. The van der Waals surface area contributed by atoms with E-state index in [4.69, 9.17) is 5.11 Å². The lowest BCUT2D eigenvalue weighted by Gasteiger charge is -2.19. The number of carbonyl (C=O) groups is 1. The van der Waals surface area contributed by atoms with E-state index in [0.29, 0.717) is 0 Å². The Kier molecular flexibility index (Phi) is 3.92. The number of aliphatic carboxylic acids is 1. The van der Waals surface area contributed by atoms with E-state index in [0.717, 1.165) is 9.26 Å². The largest absolute Gasteiger partial charge is 0.479 e. The molecule has 5 heteroatoms. The first kappa shape index (κ1) is 12.3. The van der Waals surface area contributed by atoms with Gasteiger partial charge in [-0.15, -0.1) is 0 Å². The maximum absolute atomic E-state index is 10.6. The minimum absolute atomic E-state index is 0.0254. The van der Waals surface area contributed by atoms with Crippen LogP contribution in [0.4, 0.5) is 5.69 Å². The van der Waals surface area contributed by atoms with Gasteiger partial charge in [0.1, 0.15) is 0 Å². The first-order chi connectivity index (χ1) is 6.92. The summed E-state index contributed by atoms with van der Waals surface area (Å²) in [6, 6.07) is 7.49. The maximum atomic E-state index is 10.6. The van der Waals surface area contributed by atoms with Gasteiger partial charge in [0, 0.05) is 9.26 Å². The van der Waals surface area contributed by atoms with Crippen molar-refractivity contribution in [1.82, 2.24) is 0 Å². The van der Waals surface area contributed by atoms with Crippen LogP contribution in [0, 0.1) is 3.57 Å². The molecule has 0 bridgehead atoms. The lowest BCUT2D eigenvalue weighted by Crippen LogP contribution is -2.41. The molecule has 0 fully saturated rings. The van der Waals surface area contributed by atoms with Crippen molar-refractivity contribution in [3.05, 3.63) is 27.8 Å². The first-order valence-corrected chi connectivity index (χ1v) is 5.45. The molecule has 1 aromatic carbocycles. The second-order valence-electron chi connectivity index (χ2n) is 3.44. The number of hydrogen-bond donors (Lipinski definition) is 3. The van der Waals surface area contributed by atoms with E-state index in [2.05, 4.69) is 27.9 Å². The number of carboxylic acid groups (broad SMARTS) is 1. The number of carboxylic acids is 1. The predicted molar refractivity (Wildman–Crippen MR) is 65.9 cm³/mol. The van der Waals surface area contributed by atoms with Gasteiger partial charge < -0.3 is 15.5 Å². The summed E-state index contributed by atoms with van der Waals surface area (Å²) in [6.45, 7) is 1.23. The molecule has 0 aliphatic heterocycles. The molecule has 4 nitrogen and oxygen atoms in total. The molecular weight excluding hydrogens is 309 g/mol. The van der Waals surface area contributed by atoms with Gasteiger partial charge in [0.2, 0.25) is 0 Å². The Morgan fingerprint density at radius 1 is 1.60 bits per heavy atom. The highest BCUT2D eigenvalue weighted by Gasteiger charge is 2.29. The van der Waals surface area contributed by atoms with Gasteiger partial charge in [-0.05, 0) is 47.7 Å². The van der Waals surface area contributed by atoms with E-state index in [1.54, 1.807) is 0 Å². The molecule has 1 atom stereocenters. The third kappa shape index (κ3) is 3.67. The van der Waals surface area contributed by atoms with Gasteiger partial charge in [0.25, 0.3) is 0 Å². The van der Waals surface area contributed by atoms with Crippen LogP contribution in [0.2, 0.25) is 0 Å². The summed E-state index contributed by atoms with van der Waals surface area (Å²) in [7, 11) is 0. The number of halogens is 1. The summed E-state index contributed by atoms with van der Waals surface area (Å²) >= 11 is 2.16. The lowest BCUT2D eigenvalue weighted by molar-refractivity contribution is -0.155. The van der Waals surface area contributed by atoms with Crippen LogP contribution in [0.1, 0.15) is 6.92 Å². The van der Waals surface area contributed by atoms with Gasteiger partial charge >= 0.3 is 5.97 Å². The van der Waals surface area contributed by atoms with E-state index in [1.165, 1.54) is 6.92 Å². The highest BCUT2D eigenvalue weighted by Crippen LogP contribution is 2.13. The number of rotatable bonds is 4. The number of aliphatic hydroxyl groups is 1. The number of anilines is 1. The third-order valence-electron chi connectivity index (χ3n) is 1.92. The molecule has 1 rings (SSSR count). The van der Waals surface area contributed by atoms with Crippen molar-refractivity contribution in [3.8, 4) is 0 Å². The Labute approximate surface area is 101 Å². The predicted octanol–water partition coefficient (Wildman–Crippen LogP) is 1.54. The van der Waals surface area contributed by atoms with Crippen LogP contribution in [0.25, 0.3) is 0 Å². The Bertz CT molecular complexity index is 365. The first-order valence-electron chi connectivity index (χ1n) is 4.37. The van der Waals surface area contributed by atoms with Crippen molar-refractivity contribution >= 4 is 34.2 Å². The summed E-state index contributed by atoms with van der Waals surface area (Å²) in [6.07, 6.45) is 0. The minimum Gasteiger partial charge on any atom is -0.479 e. The summed E-state index contributed by atoms with van der Waals surface area (Å²) < 4.78 is 1.05. The second kappa shape index (κ2) is 4.80. The van der Waals surface area contributed by atoms with Crippen LogP contribution in [0.3, 0.4) is 0 Å². The van der Waals surface area contributed by atoms with Gasteiger partial charge in [0.05, 0.1) is 6.54 Å². The minimum atomic E-state index is -1.75. The second-order valence-corrected chi connectivity index (χ2v) is 4.69. The molecule has 0 amide bonds. The third-order valence-corrected chi connectivity index (χ3v) is 2.59. The van der Waals surface area contributed by atoms with Crippen molar-refractivity contribution in [2.24, 2.45) is 0 Å². The zero-order chi connectivity index (χ0) is 11.5. The van der Waals surface area contributed by atoms with E-state index < -0.39 is 11.6 Å². The highest BCUT2D eigenvalue weighted by molar-refractivity contribution is 14.1. The zero-order valence-corrected chi connectivity index (χ0v) is 10.4. The molecule has 0 aromatic heterocycles. The molecule has 0 saturated heterocycles. The molecule has 0 aliphatic carbocycles. The van der Waals surface area contributed by atoms with Gasteiger partial charge in [-0.25, -0.2) is 4.79 Å².